The lowest BCUT2D eigenvalue weighted by Crippen LogP contribution is -2.54. The Morgan fingerprint density at radius 1 is 1.23 bits per heavy atom. The minimum absolute atomic E-state index is 0. The standard InChI is InChI=1S/C19H18F3N5O2.CH4/c1-26(14-7-3-2-4-8-14)18(23)29-15-9-5-6-13(10-15)17-24-11-16(28)27(25-17)12-19(20,21)22;/h2-10,23H,11-12H2,1H3,(H,24,25);1H4. The number of anilines is 1. The molecule has 0 saturated heterocycles. The number of nitrogens with one attached hydrogen (secondary N) is 2. The van der Waals surface area contributed by atoms with Gasteiger partial charge in [0.25, 0.3) is 11.9 Å². The van der Waals surface area contributed by atoms with Crippen molar-refractivity contribution in [3.63, 3.8) is 0 Å². The number of hydrogen-bond acceptors (Lipinski definition) is 5. The van der Waals surface area contributed by atoms with Gasteiger partial charge >= 0.3 is 6.18 Å². The van der Waals surface area contributed by atoms with E-state index in [1.807, 2.05) is 30.3 Å². The van der Waals surface area contributed by atoms with E-state index in [1.54, 1.807) is 25.2 Å². The highest BCUT2D eigenvalue weighted by molar-refractivity contribution is 6.03. The van der Waals surface area contributed by atoms with Crippen LogP contribution in [0.2, 0.25) is 0 Å². The van der Waals surface area contributed by atoms with Gasteiger partial charge in [-0.05, 0) is 24.3 Å². The van der Waals surface area contributed by atoms with Crippen LogP contribution in [0.3, 0.4) is 0 Å². The third kappa shape index (κ3) is 5.72. The number of benzene rings is 2. The van der Waals surface area contributed by atoms with E-state index in [0.29, 0.717) is 16.3 Å². The zero-order valence-electron chi connectivity index (χ0n) is 15.4. The fourth-order valence-electron chi connectivity index (χ4n) is 2.58. The number of para-hydroxylation sites is 1. The minimum Gasteiger partial charge on any atom is -0.426 e. The van der Waals surface area contributed by atoms with Crippen molar-refractivity contribution in [2.45, 2.75) is 13.6 Å². The Hall–Kier alpha value is -3.56. The van der Waals surface area contributed by atoms with Crippen LogP contribution in [-0.4, -0.2) is 49.1 Å². The second-order valence-electron chi connectivity index (χ2n) is 6.20. The molecule has 0 radical (unpaired) electrons. The summed E-state index contributed by atoms with van der Waals surface area (Å²) in [6, 6.07) is 15.4. The van der Waals surface area contributed by atoms with Crippen LogP contribution < -0.4 is 15.1 Å². The normalized spacial score (nSPS) is 13.7. The molecule has 1 heterocycles. The summed E-state index contributed by atoms with van der Waals surface area (Å²) in [4.78, 5) is 17.2. The molecular weight excluding hydrogens is 399 g/mol. The molecular formula is C20H22F3N5O2. The molecule has 2 aromatic carbocycles. The summed E-state index contributed by atoms with van der Waals surface area (Å²) in [7, 11) is 1.68. The van der Waals surface area contributed by atoms with E-state index in [9.17, 15) is 18.0 Å². The number of nitrogens with zero attached hydrogens (tertiary/aromatic N) is 3. The molecule has 7 nitrogen and oxygen atoms in total. The van der Waals surface area contributed by atoms with Crippen molar-refractivity contribution in [1.29, 1.82) is 5.41 Å². The molecule has 1 aliphatic heterocycles. The number of carbonyl (C=O) groups excluding carboxylic acids is 1. The van der Waals surface area contributed by atoms with Crippen LogP contribution in [0, 0.1) is 5.41 Å². The van der Waals surface area contributed by atoms with Gasteiger partial charge in [0.05, 0.1) is 0 Å². The summed E-state index contributed by atoms with van der Waals surface area (Å²) >= 11 is 0. The zero-order chi connectivity index (χ0) is 21.0. The Balaban J connectivity index is 0.00000320. The van der Waals surface area contributed by atoms with Crippen molar-refractivity contribution in [2.75, 3.05) is 25.0 Å². The zero-order valence-corrected chi connectivity index (χ0v) is 15.4. The molecule has 0 aromatic heterocycles. The van der Waals surface area contributed by atoms with Gasteiger partial charge in [0.1, 0.15) is 24.7 Å². The minimum atomic E-state index is -4.53. The third-order valence-electron chi connectivity index (χ3n) is 4.02. The van der Waals surface area contributed by atoms with E-state index in [0.717, 1.165) is 5.69 Å². The summed E-state index contributed by atoms with van der Waals surface area (Å²) in [6.07, 6.45) is -4.53. The van der Waals surface area contributed by atoms with Gasteiger partial charge < -0.3 is 4.74 Å². The summed E-state index contributed by atoms with van der Waals surface area (Å²) in [6.45, 7) is -1.82. The lowest BCUT2D eigenvalue weighted by molar-refractivity contribution is -0.164. The van der Waals surface area contributed by atoms with Crippen molar-refractivity contribution in [3.8, 4) is 5.75 Å². The molecule has 1 amide bonds. The van der Waals surface area contributed by atoms with Crippen LogP contribution >= 0.6 is 0 Å². The quantitative estimate of drug-likeness (QED) is 0.586. The topological polar surface area (TPSA) is 81.0 Å². The van der Waals surface area contributed by atoms with E-state index >= 15 is 0 Å². The van der Waals surface area contributed by atoms with Gasteiger partial charge in [-0.15, -0.1) is 0 Å². The second-order valence-corrected chi connectivity index (χ2v) is 6.20. The highest BCUT2D eigenvalue weighted by Gasteiger charge is 2.35. The van der Waals surface area contributed by atoms with Gasteiger partial charge in [0.2, 0.25) is 0 Å². The number of hydrogen-bond donors (Lipinski definition) is 2. The second kappa shape index (κ2) is 9.29. The van der Waals surface area contributed by atoms with Crippen molar-refractivity contribution >= 4 is 23.5 Å². The summed E-state index contributed by atoms with van der Waals surface area (Å²) in [5.74, 6) is -0.356. The average molecular weight is 421 g/mol. The first-order chi connectivity index (χ1) is 13.7. The molecule has 0 fully saturated rings. The van der Waals surface area contributed by atoms with Crippen molar-refractivity contribution in [3.05, 3.63) is 60.2 Å². The molecule has 160 valence electrons. The molecule has 2 N–H and O–H groups in total. The van der Waals surface area contributed by atoms with Gasteiger partial charge in [-0.3, -0.25) is 25.5 Å². The van der Waals surface area contributed by atoms with Gasteiger partial charge in [0, 0.05) is 18.3 Å². The highest BCUT2D eigenvalue weighted by atomic mass is 19.4. The lowest BCUT2D eigenvalue weighted by Gasteiger charge is -2.29. The van der Waals surface area contributed by atoms with Crippen molar-refractivity contribution in [2.24, 2.45) is 4.99 Å². The molecule has 0 spiro atoms. The molecule has 1 aliphatic rings. The molecule has 10 heteroatoms. The number of amides is 1. The van der Waals surface area contributed by atoms with Crippen molar-refractivity contribution < 1.29 is 22.7 Å². The van der Waals surface area contributed by atoms with Gasteiger partial charge in [-0.2, -0.15) is 13.2 Å². The number of ether oxygens (including phenoxy) is 1. The van der Waals surface area contributed by atoms with Crippen LogP contribution in [0.1, 0.15) is 13.0 Å². The lowest BCUT2D eigenvalue weighted by atomic mass is 10.2. The van der Waals surface area contributed by atoms with E-state index in [4.69, 9.17) is 10.1 Å². The third-order valence-corrected chi connectivity index (χ3v) is 4.02. The van der Waals surface area contributed by atoms with Crippen molar-refractivity contribution in [1.82, 2.24) is 10.4 Å². The number of amidine groups is 2. The Kier molecular flexibility index (Phi) is 7.04. The summed E-state index contributed by atoms with van der Waals surface area (Å²) < 4.78 is 43.5. The SMILES string of the molecule is C.CN(C(=N)Oc1cccc(C2=NCC(=O)N(CC(F)(F)F)N2)c1)c1ccccc1. The van der Waals surface area contributed by atoms with Gasteiger partial charge in [-0.1, -0.05) is 37.8 Å². The molecule has 0 bridgehead atoms. The molecule has 0 unspecified atom stereocenters. The number of hydrazine groups is 1. The van der Waals surface area contributed by atoms with E-state index in [1.165, 1.54) is 11.0 Å². The first kappa shape index (κ1) is 22.7. The van der Waals surface area contributed by atoms with Crippen LogP contribution in [0.4, 0.5) is 18.9 Å². The Morgan fingerprint density at radius 3 is 2.60 bits per heavy atom. The molecule has 30 heavy (non-hydrogen) atoms. The number of aliphatic imine (C=N–C) groups is 1. The van der Waals surface area contributed by atoms with Gasteiger partial charge in [-0.25, -0.2) is 5.01 Å². The number of rotatable bonds is 4. The first-order valence-corrected chi connectivity index (χ1v) is 8.57. The average Bonchev–Trinajstić information content (AvgIpc) is 2.69. The molecule has 0 aliphatic carbocycles. The highest BCUT2D eigenvalue weighted by Crippen LogP contribution is 2.20. The van der Waals surface area contributed by atoms with Crippen LogP contribution in [0.5, 0.6) is 5.75 Å². The maximum atomic E-state index is 12.6. The van der Waals surface area contributed by atoms with E-state index in [-0.39, 0.29) is 19.3 Å². The Bertz CT molecular complexity index is 932. The van der Waals surface area contributed by atoms with Crippen LogP contribution in [0.25, 0.3) is 0 Å². The summed E-state index contributed by atoms with van der Waals surface area (Å²) in [5, 5.41) is 8.61. The smallest absolute Gasteiger partial charge is 0.408 e. The largest absolute Gasteiger partial charge is 0.426 e. The molecule has 3 rings (SSSR count). The number of halogens is 3. The fraction of sp³-hybridized carbons (Fsp3) is 0.250. The maximum Gasteiger partial charge on any atom is 0.408 e. The number of alkyl halides is 3. The van der Waals surface area contributed by atoms with E-state index < -0.39 is 25.2 Å². The first-order valence-electron chi connectivity index (χ1n) is 8.57. The van der Waals surface area contributed by atoms with E-state index in [2.05, 4.69) is 10.4 Å². The Labute approximate surface area is 172 Å². The molecule has 2 aromatic rings. The predicted molar refractivity (Wildman–Crippen MR) is 109 cm³/mol. The fourth-order valence-corrected chi connectivity index (χ4v) is 2.58. The molecule has 0 atom stereocenters. The molecule has 0 saturated carbocycles. The number of carbonyl (C=O) groups is 1. The van der Waals surface area contributed by atoms with Crippen LogP contribution in [0.15, 0.2) is 59.6 Å². The summed E-state index contributed by atoms with van der Waals surface area (Å²) in [5.41, 5.74) is 3.59. The predicted octanol–water partition coefficient (Wildman–Crippen LogP) is 3.43. The van der Waals surface area contributed by atoms with Crippen LogP contribution in [-0.2, 0) is 4.79 Å². The Morgan fingerprint density at radius 2 is 1.93 bits per heavy atom. The monoisotopic (exact) mass is 421 g/mol. The maximum absolute atomic E-state index is 12.6. The van der Waals surface area contributed by atoms with Gasteiger partial charge in [0.15, 0.2) is 0 Å².